The van der Waals surface area contributed by atoms with Crippen LogP contribution >= 0.6 is 0 Å². The van der Waals surface area contributed by atoms with Gasteiger partial charge in [0.05, 0.1) is 5.56 Å². The molecule has 0 bridgehead atoms. The highest BCUT2D eigenvalue weighted by Gasteiger charge is 2.52. The molecule has 3 heterocycles. The zero-order valence-corrected chi connectivity index (χ0v) is 22.1. The second-order valence-corrected chi connectivity index (χ2v) is 10.6. The van der Waals surface area contributed by atoms with Crippen molar-refractivity contribution in [1.82, 2.24) is 9.88 Å². The molecule has 2 saturated heterocycles. The number of aryl methyl sites for hydroxylation is 2. The van der Waals surface area contributed by atoms with Crippen molar-refractivity contribution in [3.8, 4) is 6.07 Å². The summed E-state index contributed by atoms with van der Waals surface area (Å²) in [6, 6.07) is 19.5. The van der Waals surface area contributed by atoms with E-state index < -0.39 is 23.3 Å². The number of likely N-dealkylation sites (N-methyl/N-ethyl adjacent to an activating group) is 1. The number of rotatable bonds is 5. The molecule has 1 aromatic heterocycles. The van der Waals surface area contributed by atoms with Crippen molar-refractivity contribution in [3.05, 3.63) is 88.6 Å². The molecule has 2 aliphatic heterocycles. The van der Waals surface area contributed by atoms with E-state index in [1.165, 1.54) is 6.92 Å². The number of anilines is 2. The molecule has 5 rings (SSSR count). The Morgan fingerprint density at radius 1 is 1.08 bits per heavy atom. The molecular formula is C30H30F3N5O. The summed E-state index contributed by atoms with van der Waals surface area (Å²) >= 11 is 0. The van der Waals surface area contributed by atoms with Crippen molar-refractivity contribution in [3.63, 3.8) is 0 Å². The Kier molecular flexibility index (Phi) is 7.08. The van der Waals surface area contributed by atoms with Crippen molar-refractivity contribution < 1.29 is 18.0 Å². The number of likely N-dealkylation sites (tertiary alicyclic amines) is 1. The van der Waals surface area contributed by atoms with Gasteiger partial charge in [0, 0.05) is 50.5 Å². The first kappa shape index (κ1) is 26.7. The molecule has 3 atom stereocenters. The summed E-state index contributed by atoms with van der Waals surface area (Å²) in [5.74, 6) is -0.381. The molecule has 0 radical (unpaired) electrons. The molecule has 2 fully saturated rings. The van der Waals surface area contributed by atoms with Crippen LogP contribution < -0.4 is 9.80 Å². The second-order valence-electron chi connectivity index (χ2n) is 10.6. The predicted octanol–water partition coefficient (Wildman–Crippen LogP) is 5.19. The Morgan fingerprint density at radius 2 is 1.82 bits per heavy atom. The standard InChI is InChI=1S/C30H30F3N5O/c1-19-8-7-11-23(12-19)36(3)29(39)27-25-18-37(15-21-9-5-4-6-10-21)16-22(25)17-38(27)28-24(14-34)26(30(31,32)33)13-20(2)35-28/h4-13,22,25,27H,15-18H2,1-3H3/t22-,25-,27-/m0/s1. The third-order valence-corrected chi connectivity index (χ3v) is 7.78. The lowest BCUT2D eigenvalue weighted by molar-refractivity contribution is -0.137. The first-order valence-electron chi connectivity index (χ1n) is 12.9. The highest BCUT2D eigenvalue weighted by atomic mass is 19.4. The number of hydrogen-bond donors (Lipinski definition) is 0. The summed E-state index contributed by atoms with van der Waals surface area (Å²) in [6.45, 7) is 5.81. The summed E-state index contributed by atoms with van der Waals surface area (Å²) in [5, 5.41) is 9.85. The molecule has 3 aromatic rings. The van der Waals surface area contributed by atoms with E-state index >= 15 is 0 Å². The van der Waals surface area contributed by atoms with Gasteiger partial charge in [-0.05, 0) is 49.1 Å². The number of alkyl halides is 3. The van der Waals surface area contributed by atoms with E-state index in [9.17, 15) is 23.2 Å². The molecule has 2 aliphatic rings. The quantitative estimate of drug-likeness (QED) is 0.452. The number of nitrogens with zero attached hydrogens (tertiary/aromatic N) is 5. The van der Waals surface area contributed by atoms with Crippen LogP contribution in [0, 0.1) is 37.0 Å². The minimum Gasteiger partial charge on any atom is -0.343 e. The third kappa shape index (κ3) is 5.21. The molecule has 0 N–H and O–H groups in total. The summed E-state index contributed by atoms with van der Waals surface area (Å²) < 4.78 is 41.8. The van der Waals surface area contributed by atoms with Crippen LogP contribution in [0.5, 0.6) is 0 Å². The van der Waals surface area contributed by atoms with Gasteiger partial charge in [0.25, 0.3) is 0 Å². The van der Waals surface area contributed by atoms with Gasteiger partial charge < -0.3 is 9.80 Å². The lowest BCUT2D eigenvalue weighted by atomic mass is 9.93. The van der Waals surface area contributed by atoms with Gasteiger partial charge in [-0.3, -0.25) is 9.69 Å². The Hall–Kier alpha value is -3.90. The van der Waals surface area contributed by atoms with E-state index in [-0.39, 0.29) is 29.3 Å². The lowest BCUT2D eigenvalue weighted by Crippen LogP contribution is -2.49. The number of amides is 1. The molecule has 39 heavy (non-hydrogen) atoms. The van der Waals surface area contributed by atoms with Gasteiger partial charge in [0.2, 0.25) is 5.91 Å². The molecule has 0 aliphatic carbocycles. The maximum atomic E-state index is 14.1. The fourth-order valence-corrected chi connectivity index (χ4v) is 6.00. The van der Waals surface area contributed by atoms with Gasteiger partial charge in [-0.2, -0.15) is 18.4 Å². The zero-order valence-electron chi connectivity index (χ0n) is 22.1. The van der Waals surface area contributed by atoms with Crippen molar-refractivity contribution in [1.29, 1.82) is 5.26 Å². The van der Waals surface area contributed by atoms with Gasteiger partial charge in [0.15, 0.2) is 0 Å². The molecule has 1 amide bonds. The van der Waals surface area contributed by atoms with E-state index in [1.807, 2.05) is 49.4 Å². The zero-order chi connectivity index (χ0) is 27.9. The molecule has 6 nitrogen and oxygen atoms in total. The average Bonchev–Trinajstić information content (AvgIpc) is 3.44. The topological polar surface area (TPSA) is 63.5 Å². The van der Waals surface area contributed by atoms with Crippen LogP contribution in [0.1, 0.15) is 27.9 Å². The Morgan fingerprint density at radius 3 is 2.49 bits per heavy atom. The number of fused-ring (bicyclic) bond motifs is 1. The molecule has 202 valence electrons. The van der Waals surface area contributed by atoms with E-state index in [0.717, 1.165) is 23.7 Å². The Labute approximate surface area is 226 Å². The van der Waals surface area contributed by atoms with Gasteiger partial charge in [-0.25, -0.2) is 4.98 Å². The minimum atomic E-state index is -4.71. The first-order valence-corrected chi connectivity index (χ1v) is 12.9. The third-order valence-electron chi connectivity index (χ3n) is 7.78. The van der Waals surface area contributed by atoms with Gasteiger partial charge in [-0.1, -0.05) is 42.5 Å². The molecule has 0 unspecified atom stereocenters. The molecule has 9 heteroatoms. The highest BCUT2D eigenvalue weighted by Crippen LogP contribution is 2.43. The number of carbonyl (C=O) groups is 1. The number of carbonyl (C=O) groups excluding carboxylic acids is 1. The summed E-state index contributed by atoms with van der Waals surface area (Å²) in [6.07, 6.45) is -4.71. The molecule has 0 saturated carbocycles. The maximum Gasteiger partial charge on any atom is 0.417 e. The van der Waals surface area contributed by atoms with E-state index in [0.29, 0.717) is 25.3 Å². The van der Waals surface area contributed by atoms with E-state index in [4.69, 9.17) is 0 Å². The van der Waals surface area contributed by atoms with Crippen LogP contribution in [0.15, 0.2) is 60.7 Å². The van der Waals surface area contributed by atoms with Crippen LogP contribution in [0.4, 0.5) is 24.7 Å². The van der Waals surface area contributed by atoms with Gasteiger partial charge in [-0.15, -0.1) is 0 Å². The fourth-order valence-electron chi connectivity index (χ4n) is 6.00. The SMILES string of the molecule is Cc1cccc(N(C)C(=O)[C@@H]2[C@H]3CN(Cc4ccccc4)C[C@H]3CN2c2nc(C)cc(C(F)(F)F)c2C#N)c1. The van der Waals surface area contributed by atoms with Crippen LogP contribution in [0.25, 0.3) is 0 Å². The van der Waals surface area contributed by atoms with Crippen LogP contribution in [-0.2, 0) is 17.5 Å². The fraction of sp³-hybridized carbons (Fsp3) is 0.367. The highest BCUT2D eigenvalue weighted by molar-refractivity contribution is 5.99. The van der Waals surface area contributed by atoms with Gasteiger partial charge in [0.1, 0.15) is 23.5 Å². The summed E-state index contributed by atoms with van der Waals surface area (Å²) in [7, 11) is 1.69. The van der Waals surface area contributed by atoms with Crippen LogP contribution in [0.2, 0.25) is 0 Å². The Balaban J connectivity index is 1.54. The molecule has 0 spiro atoms. The molecular weight excluding hydrogens is 503 g/mol. The van der Waals surface area contributed by atoms with Crippen LogP contribution in [-0.4, -0.2) is 48.5 Å². The molecule has 2 aromatic carbocycles. The second kappa shape index (κ2) is 10.3. The van der Waals surface area contributed by atoms with Crippen molar-refractivity contribution >= 4 is 17.4 Å². The number of nitriles is 1. The first-order chi connectivity index (χ1) is 18.6. The number of pyridine rings is 1. The number of benzene rings is 2. The average molecular weight is 534 g/mol. The monoisotopic (exact) mass is 533 g/mol. The predicted molar refractivity (Wildman–Crippen MR) is 143 cm³/mol. The number of halogens is 3. The lowest BCUT2D eigenvalue weighted by Gasteiger charge is -2.33. The van der Waals surface area contributed by atoms with Crippen molar-refractivity contribution in [2.45, 2.75) is 32.6 Å². The summed E-state index contributed by atoms with van der Waals surface area (Å²) in [4.78, 5) is 24.1. The van der Waals surface area contributed by atoms with E-state index in [2.05, 4.69) is 22.0 Å². The van der Waals surface area contributed by atoms with Gasteiger partial charge >= 0.3 is 6.18 Å². The number of hydrogen-bond acceptors (Lipinski definition) is 5. The van der Waals surface area contributed by atoms with Crippen LogP contribution in [0.3, 0.4) is 0 Å². The number of aromatic nitrogens is 1. The van der Waals surface area contributed by atoms with Crippen molar-refractivity contribution in [2.24, 2.45) is 11.8 Å². The largest absolute Gasteiger partial charge is 0.417 e. The Bertz CT molecular complexity index is 1420. The normalized spacial score (nSPS) is 21.1. The summed E-state index contributed by atoms with van der Waals surface area (Å²) in [5.41, 5.74) is 1.45. The van der Waals surface area contributed by atoms with Crippen molar-refractivity contribution in [2.75, 3.05) is 36.5 Å². The smallest absolute Gasteiger partial charge is 0.343 e. The maximum absolute atomic E-state index is 14.1. The minimum absolute atomic E-state index is 0.0387. The van der Waals surface area contributed by atoms with E-state index in [1.54, 1.807) is 22.9 Å².